The number of hydrogen-bond acceptors (Lipinski definition) is 3. The van der Waals surface area contributed by atoms with Gasteiger partial charge in [0.1, 0.15) is 5.82 Å². The van der Waals surface area contributed by atoms with Crippen LogP contribution < -0.4 is 10.6 Å². The minimum Gasteiger partial charge on any atom is -0.377 e. The third-order valence-corrected chi connectivity index (χ3v) is 7.89. The summed E-state index contributed by atoms with van der Waals surface area (Å²) >= 11 is 0. The number of rotatable bonds is 5. The van der Waals surface area contributed by atoms with Crippen LogP contribution in [0.3, 0.4) is 0 Å². The summed E-state index contributed by atoms with van der Waals surface area (Å²) in [7, 11) is 0. The largest absolute Gasteiger partial charge is 0.377 e. The molecule has 2 N–H and O–H groups in total. The number of halogens is 2. The lowest BCUT2D eigenvalue weighted by Crippen LogP contribution is -2.72. The number of likely N-dealkylation sites (tertiary alicyclic amines) is 1. The molecule has 3 atom stereocenters. The van der Waals surface area contributed by atoms with Crippen molar-refractivity contribution >= 4 is 29.9 Å². The summed E-state index contributed by atoms with van der Waals surface area (Å²) in [4.78, 5) is 7.24. The minimum absolute atomic E-state index is 0. The van der Waals surface area contributed by atoms with E-state index in [1.54, 1.807) is 12.1 Å². The summed E-state index contributed by atoms with van der Waals surface area (Å²) in [6.07, 6.45) is 7.82. The molecule has 172 valence electrons. The number of benzene rings is 1. The summed E-state index contributed by atoms with van der Waals surface area (Å²) < 4.78 is 19.2. The van der Waals surface area contributed by atoms with E-state index in [-0.39, 0.29) is 29.8 Å². The summed E-state index contributed by atoms with van der Waals surface area (Å²) in [6, 6.07) is 7.88. The molecule has 2 aliphatic heterocycles. The highest BCUT2D eigenvalue weighted by Crippen LogP contribution is 2.62. The second-order valence-electron chi connectivity index (χ2n) is 9.60. The summed E-state index contributed by atoms with van der Waals surface area (Å²) in [5, 5.41) is 7.57. The second kappa shape index (κ2) is 9.91. The number of nitrogens with one attached hydrogen (secondary N) is 2. The fraction of sp³-hybridized carbons (Fsp3) is 0.708. The van der Waals surface area contributed by atoms with Crippen molar-refractivity contribution in [1.29, 1.82) is 0 Å². The fourth-order valence-corrected chi connectivity index (χ4v) is 6.17. The van der Waals surface area contributed by atoms with Crippen LogP contribution >= 0.6 is 24.0 Å². The van der Waals surface area contributed by atoms with E-state index in [0.29, 0.717) is 29.5 Å². The molecule has 1 aromatic rings. The number of guanidine groups is 1. The van der Waals surface area contributed by atoms with Gasteiger partial charge in [0.25, 0.3) is 0 Å². The summed E-state index contributed by atoms with van der Waals surface area (Å²) in [5.41, 5.74) is 1.55. The summed E-state index contributed by atoms with van der Waals surface area (Å²) in [5.74, 6) is 1.49. The lowest BCUT2D eigenvalue weighted by atomic mass is 9.46. The van der Waals surface area contributed by atoms with Crippen molar-refractivity contribution in [3.63, 3.8) is 0 Å². The van der Waals surface area contributed by atoms with Gasteiger partial charge in [-0.3, -0.25) is 9.89 Å². The van der Waals surface area contributed by atoms with Gasteiger partial charge in [-0.1, -0.05) is 18.6 Å². The van der Waals surface area contributed by atoms with E-state index in [1.807, 2.05) is 12.1 Å². The van der Waals surface area contributed by atoms with E-state index in [0.717, 1.165) is 51.6 Å². The van der Waals surface area contributed by atoms with Crippen LogP contribution in [0.5, 0.6) is 0 Å². The molecule has 7 heteroatoms. The SMILES string of the molecule is CCN=C(NC1CCN(Cc2ccc(F)cc2)CC1)NC1C2CCOC2C12CCC2.I. The Labute approximate surface area is 202 Å². The molecule has 2 saturated heterocycles. The molecule has 2 heterocycles. The number of aliphatic imine (C=N–C) groups is 1. The van der Waals surface area contributed by atoms with Crippen LogP contribution in [0.25, 0.3) is 0 Å². The Balaban J connectivity index is 0.00000231. The normalized spacial score (nSPS) is 30.1. The molecule has 4 aliphatic rings. The first-order chi connectivity index (χ1) is 14.7. The standard InChI is InChI=1S/C24H35FN4O.HI/c1-2-26-23(28-21-20-10-15-30-22(20)24(21)11-3-12-24)27-19-8-13-29(14-9-19)16-17-4-6-18(25)7-5-17;/h4-7,19-22H,2-3,8-16H2,1H3,(H2,26,27,28);1H. The van der Waals surface area contributed by atoms with Gasteiger partial charge in [0.2, 0.25) is 0 Å². The van der Waals surface area contributed by atoms with Crippen LogP contribution in [-0.4, -0.2) is 55.3 Å². The fourth-order valence-electron chi connectivity index (χ4n) is 6.17. The van der Waals surface area contributed by atoms with Crippen molar-refractivity contribution in [3.05, 3.63) is 35.6 Å². The molecule has 1 aromatic carbocycles. The Morgan fingerprint density at radius 1 is 1.16 bits per heavy atom. The molecule has 1 spiro atoms. The van der Waals surface area contributed by atoms with Gasteiger partial charge in [0.05, 0.1) is 6.10 Å². The van der Waals surface area contributed by atoms with Crippen LogP contribution in [0, 0.1) is 17.2 Å². The number of nitrogens with zero attached hydrogens (tertiary/aromatic N) is 2. The Morgan fingerprint density at radius 2 is 1.90 bits per heavy atom. The maximum atomic E-state index is 13.1. The lowest BCUT2D eigenvalue weighted by Gasteiger charge is -2.63. The van der Waals surface area contributed by atoms with Crippen molar-refractivity contribution in [2.75, 3.05) is 26.2 Å². The Bertz CT molecular complexity index is 761. The molecule has 0 radical (unpaired) electrons. The molecular formula is C24H36FIN4O. The highest BCUT2D eigenvalue weighted by molar-refractivity contribution is 14.0. The predicted octanol–water partition coefficient (Wildman–Crippen LogP) is 3.92. The highest BCUT2D eigenvalue weighted by Gasteiger charge is 2.66. The molecule has 31 heavy (non-hydrogen) atoms. The molecule has 2 saturated carbocycles. The molecule has 5 nitrogen and oxygen atoms in total. The van der Waals surface area contributed by atoms with Gasteiger partial charge in [-0.25, -0.2) is 4.39 Å². The molecule has 3 unspecified atom stereocenters. The topological polar surface area (TPSA) is 48.9 Å². The van der Waals surface area contributed by atoms with Crippen molar-refractivity contribution in [1.82, 2.24) is 15.5 Å². The predicted molar refractivity (Wildman–Crippen MR) is 132 cm³/mol. The van der Waals surface area contributed by atoms with Gasteiger partial charge in [-0.2, -0.15) is 0 Å². The molecular weight excluding hydrogens is 506 g/mol. The maximum absolute atomic E-state index is 13.1. The molecule has 0 aromatic heterocycles. The molecule has 0 bridgehead atoms. The van der Waals surface area contributed by atoms with Crippen molar-refractivity contribution in [2.45, 2.75) is 70.2 Å². The zero-order valence-electron chi connectivity index (χ0n) is 18.5. The van der Waals surface area contributed by atoms with Crippen molar-refractivity contribution < 1.29 is 9.13 Å². The van der Waals surface area contributed by atoms with Gasteiger partial charge >= 0.3 is 0 Å². The van der Waals surface area contributed by atoms with Crippen LogP contribution in [0.2, 0.25) is 0 Å². The van der Waals surface area contributed by atoms with Gasteiger partial charge in [-0.15, -0.1) is 24.0 Å². The second-order valence-corrected chi connectivity index (χ2v) is 9.60. The Morgan fingerprint density at radius 3 is 2.55 bits per heavy atom. The highest BCUT2D eigenvalue weighted by atomic mass is 127. The molecule has 5 rings (SSSR count). The first-order valence-electron chi connectivity index (χ1n) is 11.8. The number of ether oxygens (including phenoxy) is 1. The summed E-state index contributed by atoms with van der Waals surface area (Å²) in [6.45, 7) is 6.84. The van der Waals surface area contributed by atoms with Crippen LogP contribution in [0.1, 0.15) is 51.0 Å². The minimum atomic E-state index is -0.164. The van der Waals surface area contributed by atoms with E-state index < -0.39 is 0 Å². The van der Waals surface area contributed by atoms with Crippen LogP contribution in [0.15, 0.2) is 29.3 Å². The van der Waals surface area contributed by atoms with Crippen molar-refractivity contribution in [2.24, 2.45) is 16.3 Å². The van der Waals surface area contributed by atoms with E-state index in [4.69, 9.17) is 9.73 Å². The van der Waals surface area contributed by atoms with Crippen LogP contribution in [0.4, 0.5) is 4.39 Å². The molecule has 4 fully saturated rings. The van der Waals surface area contributed by atoms with Crippen molar-refractivity contribution in [3.8, 4) is 0 Å². The zero-order chi connectivity index (χ0) is 20.6. The van der Waals surface area contributed by atoms with E-state index in [2.05, 4.69) is 22.5 Å². The van der Waals surface area contributed by atoms with E-state index in [1.165, 1.54) is 31.2 Å². The first-order valence-corrected chi connectivity index (χ1v) is 11.8. The average Bonchev–Trinajstić information content (AvgIpc) is 3.13. The average molecular weight is 542 g/mol. The quantitative estimate of drug-likeness (QED) is 0.337. The lowest BCUT2D eigenvalue weighted by molar-refractivity contribution is -0.171. The van der Waals surface area contributed by atoms with Gasteiger partial charge in [0, 0.05) is 56.2 Å². The van der Waals surface area contributed by atoms with E-state index >= 15 is 0 Å². The molecule has 0 amide bonds. The maximum Gasteiger partial charge on any atom is 0.191 e. The first kappa shape index (κ1) is 23.2. The Kier molecular flexibility index (Phi) is 7.43. The van der Waals surface area contributed by atoms with Crippen LogP contribution in [-0.2, 0) is 11.3 Å². The van der Waals surface area contributed by atoms with E-state index in [9.17, 15) is 4.39 Å². The van der Waals surface area contributed by atoms with Gasteiger partial charge in [-0.05, 0) is 56.7 Å². The number of fused-ring (bicyclic) bond motifs is 2. The van der Waals surface area contributed by atoms with Gasteiger partial charge < -0.3 is 15.4 Å². The zero-order valence-corrected chi connectivity index (χ0v) is 20.8. The number of hydrogen-bond donors (Lipinski definition) is 2. The smallest absolute Gasteiger partial charge is 0.191 e. The van der Waals surface area contributed by atoms with Gasteiger partial charge in [0.15, 0.2) is 5.96 Å². The number of piperidine rings is 1. The molecule has 2 aliphatic carbocycles. The third-order valence-electron chi connectivity index (χ3n) is 7.89. The Hall–Kier alpha value is -0.930. The third kappa shape index (κ3) is 4.60. The monoisotopic (exact) mass is 542 g/mol.